The van der Waals surface area contributed by atoms with Gasteiger partial charge in [-0.15, -0.1) is 0 Å². The first-order valence-electron chi connectivity index (χ1n) is 19.3. The number of benzene rings is 4. The minimum absolute atomic E-state index is 0.0142. The number of rotatable bonds is 11. The van der Waals surface area contributed by atoms with Gasteiger partial charge in [0.1, 0.15) is 12.6 Å². The number of carbonyl (C=O) groups is 3. The lowest BCUT2D eigenvalue weighted by atomic mass is 9.98. The second-order valence-corrected chi connectivity index (χ2v) is 14.9. The highest BCUT2D eigenvalue weighted by molar-refractivity contribution is 6.06. The number of aliphatic hydroxyl groups is 1. The van der Waals surface area contributed by atoms with Crippen LogP contribution in [0.15, 0.2) is 103 Å². The Morgan fingerprint density at radius 1 is 0.804 bits per heavy atom. The fourth-order valence-electron chi connectivity index (χ4n) is 7.92. The van der Waals surface area contributed by atoms with Crippen molar-refractivity contribution in [3.8, 4) is 11.1 Å². The molecule has 292 valence electrons. The summed E-state index contributed by atoms with van der Waals surface area (Å²) in [7, 11) is 0. The minimum atomic E-state index is -0.974. The molecule has 2 N–H and O–H groups in total. The number of piperidine rings is 1. The van der Waals surface area contributed by atoms with Crippen LogP contribution in [0.25, 0.3) is 11.1 Å². The lowest BCUT2D eigenvalue weighted by Gasteiger charge is -2.41. The predicted molar refractivity (Wildman–Crippen MR) is 204 cm³/mol. The van der Waals surface area contributed by atoms with E-state index in [-0.39, 0.29) is 44.3 Å². The van der Waals surface area contributed by atoms with Crippen LogP contribution in [0.4, 0.5) is 4.79 Å². The Balaban J connectivity index is 0.910. The first-order valence-corrected chi connectivity index (χ1v) is 19.3. The highest BCUT2D eigenvalue weighted by atomic mass is 16.7. The van der Waals surface area contributed by atoms with Crippen molar-refractivity contribution in [1.29, 1.82) is 0 Å². The van der Waals surface area contributed by atoms with E-state index in [2.05, 4.69) is 10.2 Å². The highest BCUT2D eigenvalue weighted by Gasteiger charge is 2.42. The van der Waals surface area contributed by atoms with Gasteiger partial charge in [-0.05, 0) is 39.4 Å². The van der Waals surface area contributed by atoms with Crippen LogP contribution >= 0.6 is 0 Å². The molecule has 4 heterocycles. The van der Waals surface area contributed by atoms with Crippen LogP contribution in [0.1, 0.15) is 65.9 Å². The number of imide groups is 1. The normalized spacial score (nSPS) is 23.8. The number of nitrogens with one attached hydrogen (secondary N) is 1. The van der Waals surface area contributed by atoms with Crippen molar-refractivity contribution in [2.75, 3.05) is 32.8 Å². The van der Waals surface area contributed by atoms with Crippen LogP contribution in [0.3, 0.4) is 0 Å². The molecule has 12 nitrogen and oxygen atoms in total. The van der Waals surface area contributed by atoms with Gasteiger partial charge in [0.25, 0.3) is 5.91 Å². The fourth-order valence-corrected chi connectivity index (χ4v) is 7.92. The summed E-state index contributed by atoms with van der Waals surface area (Å²) < 4.78 is 30.4. The Bertz CT molecular complexity index is 1980. The van der Waals surface area contributed by atoms with Crippen LogP contribution in [0.2, 0.25) is 0 Å². The molecule has 0 radical (unpaired) electrons. The lowest BCUT2D eigenvalue weighted by molar-refractivity contribution is -0.255. The quantitative estimate of drug-likeness (QED) is 0.181. The Labute approximate surface area is 326 Å². The summed E-state index contributed by atoms with van der Waals surface area (Å²) in [6.07, 6.45) is 0.660. The molecule has 1 unspecified atom stereocenters. The number of ether oxygens (including phenoxy) is 5. The standard InChI is InChI=1S/C44H47N3O9/c48-28-30-9-11-34(12-10-30)39-24-37(27-46-19-17-44(18-20-46)53-21-22-54-44)55-42(56-39)35-15-13-33(14-16-35)36-8-4-7-32(23-36)26-47-40(49)25-38(41(47)50)45-43(51)52-29-31-5-2-1-3-6-31/h1-16,23,37-39,42,48H,17-22,24-29H2,(H,45,51)/t37-,38?,39+,42+/m0/s1. The zero-order valence-electron chi connectivity index (χ0n) is 31.2. The van der Waals surface area contributed by atoms with Crippen molar-refractivity contribution in [3.05, 3.63) is 131 Å². The first kappa shape index (κ1) is 37.9. The summed E-state index contributed by atoms with van der Waals surface area (Å²) in [5, 5.41) is 12.1. The molecular formula is C44H47N3O9. The predicted octanol–water partition coefficient (Wildman–Crippen LogP) is 5.78. The van der Waals surface area contributed by atoms with Crippen LogP contribution in [0.5, 0.6) is 0 Å². The van der Waals surface area contributed by atoms with Gasteiger partial charge in [-0.3, -0.25) is 14.5 Å². The number of carbonyl (C=O) groups excluding carboxylic acids is 3. The summed E-state index contributed by atoms with van der Waals surface area (Å²) in [5.74, 6) is -1.25. The van der Waals surface area contributed by atoms with Crippen molar-refractivity contribution in [2.45, 2.75) is 75.8 Å². The molecule has 4 aromatic rings. The van der Waals surface area contributed by atoms with Crippen LogP contribution in [-0.4, -0.2) is 83.6 Å². The summed E-state index contributed by atoms with van der Waals surface area (Å²) in [6.45, 7) is 3.96. The van der Waals surface area contributed by atoms with E-state index in [0.717, 1.165) is 71.4 Å². The molecule has 56 heavy (non-hydrogen) atoms. The first-order chi connectivity index (χ1) is 27.3. The number of hydrogen-bond acceptors (Lipinski definition) is 10. The van der Waals surface area contributed by atoms with E-state index >= 15 is 0 Å². The molecule has 4 aromatic carbocycles. The highest BCUT2D eigenvalue weighted by Crippen LogP contribution is 2.40. The van der Waals surface area contributed by atoms with Crippen LogP contribution in [0, 0.1) is 0 Å². The second kappa shape index (κ2) is 17.0. The number of likely N-dealkylation sites (tertiary alicyclic amines) is 2. The maximum Gasteiger partial charge on any atom is 0.408 e. The van der Waals surface area contributed by atoms with Gasteiger partial charge in [0.15, 0.2) is 12.1 Å². The topological polar surface area (TPSA) is 136 Å². The maximum atomic E-state index is 13.2. The van der Waals surface area contributed by atoms with Crippen LogP contribution in [-0.2, 0) is 53.0 Å². The van der Waals surface area contributed by atoms with E-state index in [1.54, 1.807) is 0 Å². The Morgan fingerprint density at radius 2 is 1.52 bits per heavy atom. The molecule has 0 saturated carbocycles. The number of nitrogens with zero attached hydrogens (tertiary/aromatic N) is 2. The minimum Gasteiger partial charge on any atom is -0.445 e. The van der Waals surface area contributed by atoms with Crippen LogP contribution < -0.4 is 5.32 Å². The van der Waals surface area contributed by atoms with Gasteiger partial charge in [0.05, 0.1) is 45.0 Å². The zero-order chi connectivity index (χ0) is 38.5. The molecule has 4 atom stereocenters. The van der Waals surface area contributed by atoms with E-state index in [4.69, 9.17) is 23.7 Å². The van der Waals surface area contributed by atoms with Gasteiger partial charge in [-0.1, -0.05) is 97.1 Å². The summed E-state index contributed by atoms with van der Waals surface area (Å²) in [5.41, 5.74) is 6.27. The molecule has 1 spiro atoms. The molecule has 4 fully saturated rings. The summed E-state index contributed by atoms with van der Waals surface area (Å²) >= 11 is 0. The van der Waals surface area contributed by atoms with Crippen molar-refractivity contribution in [3.63, 3.8) is 0 Å². The molecule has 0 bridgehead atoms. The molecule has 0 aliphatic carbocycles. The Hall–Kier alpha value is -4.95. The average molecular weight is 762 g/mol. The molecule has 3 amide bonds. The number of amides is 3. The molecule has 12 heteroatoms. The molecule has 0 aromatic heterocycles. The van der Waals surface area contributed by atoms with Crippen molar-refractivity contribution in [1.82, 2.24) is 15.1 Å². The third kappa shape index (κ3) is 8.86. The number of aliphatic hydroxyl groups excluding tert-OH is 1. The maximum absolute atomic E-state index is 13.2. The SMILES string of the molecule is O=C(NC1CC(=O)N(Cc2cccc(-c3ccc([C@@H]4O[C@H](CN5CCC6(CC5)OCCO6)C[C@H](c5ccc(CO)cc5)O4)cc3)c2)C1=O)OCc1ccccc1. The van der Waals surface area contributed by atoms with Crippen molar-refractivity contribution >= 4 is 17.9 Å². The third-order valence-electron chi connectivity index (χ3n) is 11.0. The monoisotopic (exact) mass is 761 g/mol. The second-order valence-electron chi connectivity index (χ2n) is 14.9. The molecule has 4 aliphatic rings. The lowest BCUT2D eigenvalue weighted by Crippen LogP contribution is -2.48. The fraction of sp³-hybridized carbons (Fsp3) is 0.386. The third-order valence-corrected chi connectivity index (χ3v) is 11.0. The van der Waals surface area contributed by atoms with Gasteiger partial charge >= 0.3 is 6.09 Å². The summed E-state index contributed by atoms with van der Waals surface area (Å²) in [6, 6.07) is 32.0. The molecular weight excluding hydrogens is 714 g/mol. The van der Waals surface area contributed by atoms with Gasteiger partial charge in [0.2, 0.25) is 5.91 Å². The van der Waals surface area contributed by atoms with Gasteiger partial charge < -0.3 is 39.0 Å². The molecule has 4 saturated heterocycles. The number of alkyl carbamates (subject to hydrolysis) is 1. The molecule has 8 rings (SSSR count). The van der Waals surface area contributed by atoms with E-state index in [1.807, 2.05) is 103 Å². The average Bonchev–Trinajstić information content (AvgIpc) is 3.80. The van der Waals surface area contributed by atoms with E-state index in [0.29, 0.717) is 19.6 Å². The number of hydrogen-bond donors (Lipinski definition) is 2. The zero-order valence-corrected chi connectivity index (χ0v) is 31.2. The Morgan fingerprint density at radius 3 is 2.25 bits per heavy atom. The smallest absolute Gasteiger partial charge is 0.408 e. The van der Waals surface area contributed by atoms with E-state index in [9.17, 15) is 19.5 Å². The van der Waals surface area contributed by atoms with Gasteiger partial charge in [0, 0.05) is 44.5 Å². The Kier molecular flexibility index (Phi) is 11.6. The van der Waals surface area contributed by atoms with E-state index in [1.165, 1.54) is 4.90 Å². The largest absolute Gasteiger partial charge is 0.445 e. The van der Waals surface area contributed by atoms with Gasteiger partial charge in [-0.25, -0.2) is 4.79 Å². The van der Waals surface area contributed by atoms with E-state index < -0.39 is 30.1 Å². The van der Waals surface area contributed by atoms with Gasteiger partial charge in [-0.2, -0.15) is 0 Å². The van der Waals surface area contributed by atoms with Crippen molar-refractivity contribution in [2.24, 2.45) is 0 Å². The van der Waals surface area contributed by atoms with Crippen molar-refractivity contribution < 1.29 is 43.2 Å². The molecule has 4 aliphatic heterocycles. The summed E-state index contributed by atoms with van der Waals surface area (Å²) in [4.78, 5) is 42.1.